The van der Waals surface area contributed by atoms with Crippen LogP contribution in [0.3, 0.4) is 0 Å². The van der Waals surface area contributed by atoms with E-state index in [-0.39, 0.29) is 18.4 Å². The molecule has 1 heterocycles. The molecule has 0 fully saturated rings. The molecular weight excluding hydrogens is 308 g/mol. The monoisotopic (exact) mass is 324 g/mol. The van der Waals surface area contributed by atoms with Crippen molar-refractivity contribution in [3.63, 3.8) is 0 Å². The maximum Gasteiger partial charge on any atom is 0.405 e. The van der Waals surface area contributed by atoms with Crippen LogP contribution in [-0.4, -0.2) is 34.5 Å². The highest BCUT2D eigenvalue weighted by molar-refractivity contribution is 6.21. The molecule has 2 aromatic rings. The van der Waals surface area contributed by atoms with Crippen LogP contribution in [0.1, 0.15) is 38.7 Å². The smallest absolute Gasteiger partial charge is 0.405 e. The highest BCUT2D eigenvalue weighted by atomic mass is 16.4. The molecule has 0 saturated heterocycles. The van der Waals surface area contributed by atoms with Gasteiger partial charge in [0.1, 0.15) is 0 Å². The number of hydrogen-bond donors (Lipinski definition) is 2. The van der Waals surface area contributed by atoms with E-state index in [2.05, 4.69) is 5.32 Å². The predicted octanol–water partition coefficient (Wildman–Crippen LogP) is 2.68. The molecule has 2 N–H and O–H groups in total. The van der Waals surface area contributed by atoms with Gasteiger partial charge in [-0.25, -0.2) is 4.79 Å². The van der Waals surface area contributed by atoms with E-state index in [0.29, 0.717) is 17.5 Å². The Bertz CT molecular complexity index is 754. The minimum absolute atomic E-state index is 0.145. The lowest BCUT2D eigenvalue weighted by molar-refractivity contribution is 0.0648. The van der Waals surface area contributed by atoms with Crippen molar-refractivity contribution in [2.45, 2.75) is 12.5 Å². The first-order valence-corrected chi connectivity index (χ1v) is 7.57. The molecule has 3 rings (SSSR count). The summed E-state index contributed by atoms with van der Waals surface area (Å²) in [7, 11) is 0. The lowest BCUT2D eigenvalue weighted by Gasteiger charge is -2.20. The van der Waals surface area contributed by atoms with Gasteiger partial charge < -0.3 is 10.4 Å². The lowest BCUT2D eigenvalue weighted by Crippen LogP contribution is -2.35. The van der Waals surface area contributed by atoms with Crippen molar-refractivity contribution in [3.05, 3.63) is 71.3 Å². The second-order valence-corrected chi connectivity index (χ2v) is 5.51. The standard InChI is InChI=1S/C18H16N2O4/c21-16-13-8-4-5-9-14(13)17(22)20(16)11-10-15(19-18(23)24)12-6-2-1-3-7-12/h1-9,15,19H,10-11H2,(H,23,24). The summed E-state index contributed by atoms with van der Waals surface area (Å²) in [6.45, 7) is 0.145. The van der Waals surface area contributed by atoms with Gasteiger partial charge in [-0.3, -0.25) is 14.5 Å². The largest absolute Gasteiger partial charge is 0.465 e. The van der Waals surface area contributed by atoms with Crippen LogP contribution in [0.25, 0.3) is 0 Å². The van der Waals surface area contributed by atoms with E-state index in [9.17, 15) is 14.4 Å². The Morgan fingerprint density at radius 2 is 1.50 bits per heavy atom. The normalized spacial score (nSPS) is 14.4. The SMILES string of the molecule is O=C(O)NC(CCN1C(=O)c2ccccc2C1=O)c1ccccc1. The second kappa shape index (κ2) is 6.54. The summed E-state index contributed by atoms with van der Waals surface area (Å²) < 4.78 is 0. The van der Waals surface area contributed by atoms with Gasteiger partial charge in [0.05, 0.1) is 17.2 Å². The van der Waals surface area contributed by atoms with Crippen molar-refractivity contribution < 1.29 is 19.5 Å². The maximum absolute atomic E-state index is 12.3. The van der Waals surface area contributed by atoms with Gasteiger partial charge in [-0.15, -0.1) is 0 Å². The van der Waals surface area contributed by atoms with Crippen LogP contribution in [0.2, 0.25) is 0 Å². The molecule has 1 aliphatic heterocycles. The number of benzene rings is 2. The van der Waals surface area contributed by atoms with Crippen LogP contribution in [0, 0.1) is 0 Å². The zero-order chi connectivity index (χ0) is 17.1. The zero-order valence-electron chi connectivity index (χ0n) is 12.8. The van der Waals surface area contributed by atoms with Crippen molar-refractivity contribution >= 4 is 17.9 Å². The Kier molecular flexibility index (Phi) is 4.29. The fourth-order valence-electron chi connectivity index (χ4n) is 2.86. The highest BCUT2D eigenvalue weighted by Gasteiger charge is 2.35. The number of nitrogens with one attached hydrogen (secondary N) is 1. The van der Waals surface area contributed by atoms with Crippen molar-refractivity contribution in [1.29, 1.82) is 0 Å². The molecule has 0 aliphatic carbocycles. The van der Waals surface area contributed by atoms with Crippen molar-refractivity contribution in [2.24, 2.45) is 0 Å². The number of carboxylic acid groups (broad SMARTS) is 1. The van der Waals surface area contributed by atoms with Gasteiger partial charge in [0.25, 0.3) is 11.8 Å². The fraction of sp³-hybridized carbons (Fsp3) is 0.167. The van der Waals surface area contributed by atoms with Crippen LogP contribution < -0.4 is 5.32 Å². The molecule has 122 valence electrons. The number of fused-ring (bicyclic) bond motifs is 1. The quantitative estimate of drug-likeness (QED) is 0.828. The predicted molar refractivity (Wildman–Crippen MR) is 86.8 cm³/mol. The van der Waals surface area contributed by atoms with Gasteiger partial charge >= 0.3 is 6.09 Å². The first-order chi connectivity index (χ1) is 11.6. The van der Waals surface area contributed by atoms with E-state index < -0.39 is 12.1 Å². The van der Waals surface area contributed by atoms with E-state index in [4.69, 9.17) is 5.11 Å². The second-order valence-electron chi connectivity index (χ2n) is 5.51. The van der Waals surface area contributed by atoms with Crippen LogP contribution in [-0.2, 0) is 0 Å². The van der Waals surface area contributed by atoms with E-state index in [1.165, 1.54) is 4.90 Å². The topological polar surface area (TPSA) is 86.7 Å². The number of imide groups is 1. The van der Waals surface area contributed by atoms with Crippen LogP contribution >= 0.6 is 0 Å². The molecule has 2 aromatic carbocycles. The van der Waals surface area contributed by atoms with Gasteiger partial charge in [0, 0.05) is 6.54 Å². The molecule has 0 saturated carbocycles. The number of carbonyl (C=O) groups excluding carboxylic acids is 2. The van der Waals surface area contributed by atoms with Gasteiger partial charge in [0.15, 0.2) is 0 Å². The minimum atomic E-state index is -1.15. The number of carbonyl (C=O) groups is 3. The number of hydrogen-bond acceptors (Lipinski definition) is 3. The van der Waals surface area contributed by atoms with Gasteiger partial charge in [0.2, 0.25) is 0 Å². The molecule has 0 aromatic heterocycles. The average molecular weight is 324 g/mol. The van der Waals surface area contributed by atoms with Crippen LogP contribution in [0.5, 0.6) is 0 Å². The van der Waals surface area contributed by atoms with Crippen LogP contribution in [0.15, 0.2) is 54.6 Å². The molecule has 6 nitrogen and oxygen atoms in total. The molecule has 0 spiro atoms. The summed E-state index contributed by atoms with van der Waals surface area (Å²) in [5, 5.41) is 11.5. The fourth-order valence-corrected chi connectivity index (χ4v) is 2.86. The first kappa shape index (κ1) is 15.7. The Labute approximate surface area is 138 Å². The molecule has 1 atom stereocenters. The number of nitrogens with zero attached hydrogens (tertiary/aromatic N) is 1. The first-order valence-electron chi connectivity index (χ1n) is 7.57. The molecular formula is C18H16N2O4. The van der Waals surface area contributed by atoms with Gasteiger partial charge in [-0.1, -0.05) is 42.5 Å². The highest BCUT2D eigenvalue weighted by Crippen LogP contribution is 2.24. The third kappa shape index (κ3) is 2.99. The molecule has 0 bridgehead atoms. The summed E-state index contributed by atoms with van der Waals surface area (Å²) in [5.41, 5.74) is 1.58. The van der Waals surface area contributed by atoms with Crippen molar-refractivity contribution in [2.75, 3.05) is 6.54 Å². The van der Waals surface area contributed by atoms with Gasteiger partial charge in [-0.2, -0.15) is 0 Å². The van der Waals surface area contributed by atoms with Crippen LogP contribution in [0.4, 0.5) is 4.79 Å². The summed E-state index contributed by atoms with van der Waals surface area (Å²) in [6, 6.07) is 15.3. The minimum Gasteiger partial charge on any atom is -0.465 e. The summed E-state index contributed by atoms with van der Waals surface area (Å²) in [6.07, 6.45) is -0.840. The molecule has 0 radical (unpaired) electrons. The molecule has 1 unspecified atom stereocenters. The Morgan fingerprint density at radius 3 is 2.04 bits per heavy atom. The Balaban J connectivity index is 1.75. The van der Waals surface area contributed by atoms with E-state index >= 15 is 0 Å². The maximum atomic E-state index is 12.3. The number of rotatable bonds is 5. The van der Waals surface area contributed by atoms with Gasteiger partial charge in [-0.05, 0) is 24.1 Å². The Hall–Kier alpha value is -3.15. The third-order valence-electron chi connectivity index (χ3n) is 4.02. The molecule has 6 heteroatoms. The van der Waals surface area contributed by atoms with E-state index in [0.717, 1.165) is 5.56 Å². The summed E-state index contributed by atoms with van der Waals surface area (Å²) in [4.78, 5) is 36.9. The third-order valence-corrected chi connectivity index (χ3v) is 4.02. The summed E-state index contributed by atoms with van der Waals surface area (Å²) in [5.74, 6) is -0.671. The molecule has 3 amide bonds. The lowest BCUT2D eigenvalue weighted by atomic mass is 10.0. The van der Waals surface area contributed by atoms with Crippen molar-refractivity contribution in [1.82, 2.24) is 10.2 Å². The average Bonchev–Trinajstić information content (AvgIpc) is 2.84. The zero-order valence-corrected chi connectivity index (χ0v) is 12.8. The van der Waals surface area contributed by atoms with E-state index in [1.54, 1.807) is 24.3 Å². The van der Waals surface area contributed by atoms with E-state index in [1.807, 2.05) is 30.3 Å². The van der Waals surface area contributed by atoms with Crippen molar-refractivity contribution in [3.8, 4) is 0 Å². The number of amides is 3. The summed E-state index contributed by atoms with van der Waals surface area (Å²) >= 11 is 0. The molecule has 1 aliphatic rings. The molecule has 24 heavy (non-hydrogen) atoms. The Morgan fingerprint density at radius 1 is 0.958 bits per heavy atom.